The number of alkyl halides is 6. The summed E-state index contributed by atoms with van der Waals surface area (Å²) in [5.74, 6) is -0.386. The van der Waals surface area contributed by atoms with Crippen molar-refractivity contribution in [3.05, 3.63) is 47.5 Å². The number of carbonyl (C=O) groups is 1. The van der Waals surface area contributed by atoms with Crippen LogP contribution in [0.15, 0.2) is 30.6 Å². The second kappa shape index (κ2) is 8.27. The van der Waals surface area contributed by atoms with Crippen molar-refractivity contribution in [3.8, 4) is 0 Å². The van der Waals surface area contributed by atoms with Crippen LogP contribution in [0.2, 0.25) is 0 Å². The van der Waals surface area contributed by atoms with Crippen molar-refractivity contribution in [1.29, 1.82) is 0 Å². The van der Waals surface area contributed by atoms with E-state index in [1.807, 2.05) is 0 Å². The SMILES string of the molecule is Cn1cc(C(=O)NC2CCC(Nc3cccc4nc(C(F)(F)F)cn34)CC2)c(C(F)(F)F)n1. The Morgan fingerprint density at radius 3 is 2.30 bits per heavy atom. The second-order valence-corrected chi connectivity index (χ2v) is 7.99. The van der Waals surface area contributed by atoms with Crippen LogP contribution in [0, 0.1) is 0 Å². The summed E-state index contributed by atoms with van der Waals surface area (Å²) in [5.41, 5.74) is -2.59. The molecule has 0 atom stereocenters. The zero-order valence-electron chi connectivity index (χ0n) is 17.3. The van der Waals surface area contributed by atoms with Crippen LogP contribution in [-0.4, -0.2) is 37.2 Å². The number of aryl methyl sites for hydroxylation is 1. The fourth-order valence-corrected chi connectivity index (χ4v) is 3.98. The quantitative estimate of drug-likeness (QED) is 0.555. The van der Waals surface area contributed by atoms with E-state index in [1.165, 1.54) is 17.5 Å². The van der Waals surface area contributed by atoms with Gasteiger partial charge in [-0.3, -0.25) is 13.9 Å². The smallest absolute Gasteiger partial charge is 0.368 e. The van der Waals surface area contributed by atoms with Gasteiger partial charge in [-0.15, -0.1) is 0 Å². The van der Waals surface area contributed by atoms with Gasteiger partial charge >= 0.3 is 12.4 Å². The first kappa shape index (κ1) is 22.9. The Bertz CT molecular complexity index is 1160. The maximum Gasteiger partial charge on any atom is 0.435 e. The molecule has 13 heteroatoms. The number of hydrogen-bond acceptors (Lipinski definition) is 4. The highest BCUT2D eigenvalue weighted by atomic mass is 19.4. The van der Waals surface area contributed by atoms with Crippen molar-refractivity contribution < 1.29 is 31.1 Å². The second-order valence-electron chi connectivity index (χ2n) is 7.99. The standard InChI is InChI=1S/C20H20F6N6O/c1-31-9-13(17(30-31)20(24,25)26)18(33)28-12-7-5-11(6-8-12)27-15-3-2-4-16-29-14(10-32(15)16)19(21,22)23/h2-4,9-12,27H,5-8H2,1H3,(H,28,33). The summed E-state index contributed by atoms with van der Waals surface area (Å²) >= 11 is 0. The van der Waals surface area contributed by atoms with Crippen molar-refractivity contribution in [3.63, 3.8) is 0 Å². The maximum atomic E-state index is 13.1. The summed E-state index contributed by atoms with van der Waals surface area (Å²) in [6.07, 6.45) is -5.20. The third kappa shape index (κ3) is 4.91. The molecule has 1 saturated carbocycles. The number of nitrogens with one attached hydrogen (secondary N) is 2. The monoisotopic (exact) mass is 474 g/mol. The van der Waals surface area contributed by atoms with Crippen LogP contribution >= 0.6 is 0 Å². The third-order valence-electron chi connectivity index (χ3n) is 5.54. The number of imidazole rings is 1. The first-order chi connectivity index (χ1) is 15.4. The van der Waals surface area contributed by atoms with Crippen molar-refractivity contribution in [2.45, 2.75) is 50.1 Å². The van der Waals surface area contributed by atoms with Crippen LogP contribution in [0.25, 0.3) is 5.65 Å². The molecular weight excluding hydrogens is 454 g/mol. The summed E-state index contributed by atoms with van der Waals surface area (Å²) in [6, 6.07) is 4.31. The zero-order valence-corrected chi connectivity index (χ0v) is 17.3. The van der Waals surface area contributed by atoms with Crippen molar-refractivity contribution in [2.75, 3.05) is 5.32 Å². The molecule has 2 N–H and O–H groups in total. The average Bonchev–Trinajstić information content (AvgIpc) is 3.34. The average molecular weight is 474 g/mol. The molecule has 0 bridgehead atoms. The number of hydrogen-bond donors (Lipinski definition) is 2. The topological polar surface area (TPSA) is 76.2 Å². The number of anilines is 1. The van der Waals surface area contributed by atoms with Crippen molar-refractivity contribution in [1.82, 2.24) is 24.5 Å². The largest absolute Gasteiger partial charge is 0.435 e. The van der Waals surface area contributed by atoms with Crippen LogP contribution in [-0.2, 0) is 19.4 Å². The highest BCUT2D eigenvalue weighted by Gasteiger charge is 2.39. The van der Waals surface area contributed by atoms with Crippen LogP contribution in [0.5, 0.6) is 0 Å². The normalized spacial score (nSPS) is 19.6. The fourth-order valence-electron chi connectivity index (χ4n) is 3.98. The highest BCUT2D eigenvalue weighted by molar-refractivity contribution is 5.95. The Hall–Kier alpha value is -3.25. The highest BCUT2D eigenvalue weighted by Crippen LogP contribution is 2.32. The van der Waals surface area contributed by atoms with Gasteiger partial charge in [0.05, 0.1) is 5.56 Å². The Kier molecular flexibility index (Phi) is 5.74. The molecule has 0 saturated heterocycles. The molecule has 1 aliphatic rings. The molecule has 3 aromatic heterocycles. The lowest BCUT2D eigenvalue weighted by molar-refractivity contribution is -0.142. The number of aromatic nitrogens is 4. The minimum Gasteiger partial charge on any atom is -0.368 e. The minimum atomic E-state index is -4.74. The van der Waals surface area contributed by atoms with E-state index in [4.69, 9.17) is 0 Å². The molecule has 0 aromatic carbocycles. The predicted octanol–water partition coefficient (Wildman–Crippen LogP) is 4.26. The van der Waals surface area contributed by atoms with E-state index >= 15 is 0 Å². The van der Waals surface area contributed by atoms with E-state index in [-0.39, 0.29) is 17.7 Å². The van der Waals surface area contributed by atoms with Gasteiger partial charge < -0.3 is 10.6 Å². The van der Waals surface area contributed by atoms with Gasteiger partial charge in [0.1, 0.15) is 11.5 Å². The maximum absolute atomic E-state index is 13.1. The predicted molar refractivity (Wildman–Crippen MR) is 106 cm³/mol. The molecule has 7 nitrogen and oxygen atoms in total. The molecule has 3 aromatic rings. The van der Waals surface area contributed by atoms with Crippen molar-refractivity contribution >= 4 is 17.4 Å². The van der Waals surface area contributed by atoms with Gasteiger partial charge in [0.15, 0.2) is 11.4 Å². The third-order valence-corrected chi connectivity index (χ3v) is 5.54. The van der Waals surface area contributed by atoms with Gasteiger partial charge in [-0.1, -0.05) is 6.07 Å². The lowest BCUT2D eigenvalue weighted by atomic mass is 9.91. The van der Waals surface area contributed by atoms with Crippen LogP contribution in [0.3, 0.4) is 0 Å². The summed E-state index contributed by atoms with van der Waals surface area (Å²) in [6.45, 7) is 0. The Morgan fingerprint density at radius 2 is 1.67 bits per heavy atom. The molecule has 4 rings (SSSR count). The number of fused-ring (bicyclic) bond motifs is 1. The summed E-state index contributed by atoms with van der Waals surface area (Å²) in [5, 5.41) is 9.18. The molecule has 0 spiro atoms. The van der Waals surface area contributed by atoms with E-state index in [0.717, 1.165) is 17.1 Å². The Morgan fingerprint density at radius 1 is 1.00 bits per heavy atom. The molecule has 1 aliphatic carbocycles. The van der Waals surface area contributed by atoms with Gasteiger partial charge in [0, 0.05) is 31.5 Å². The van der Waals surface area contributed by atoms with Gasteiger partial charge in [-0.2, -0.15) is 31.4 Å². The zero-order chi connectivity index (χ0) is 24.0. The first-order valence-electron chi connectivity index (χ1n) is 10.2. The molecule has 0 unspecified atom stereocenters. The lowest BCUT2D eigenvalue weighted by Crippen LogP contribution is -2.40. The molecular formula is C20H20F6N6O. The van der Waals surface area contributed by atoms with E-state index in [9.17, 15) is 31.1 Å². The molecule has 1 fully saturated rings. The summed E-state index contributed by atoms with van der Waals surface area (Å²) in [4.78, 5) is 16.0. The van der Waals surface area contributed by atoms with Crippen LogP contribution < -0.4 is 10.6 Å². The number of nitrogens with zero attached hydrogens (tertiary/aromatic N) is 4. The minimum absolute atomic E-state index is 0.0791. The number of halogens is 6. The van der Waals surface area contributed by atoms with E-state index in [0.29, 0.717) is 31.5 Å². The Labute approximate surface area is 183 Å². The number of rotatable bonds is 4. The van der Waals surface area contributed by atoms with E-state index in [1.54, 1.807) is 12.1 Å². The summed E-state index contributed by atoms with van der Waals surface area (Å²) < 4.78 is 80.5. The number of carbonyl (C=O) groups excluding carboxylic acids is 1. The number of pyridine rings is 1. The van der Waals surface area contributed by atoms with E-state index < -0.39 is 35.2 Å². The lowest BCUT2D eigenvalue weighted by Gasteiger charge is -2.30. The van der Waals surface area contributed by atoms with Gasteiger partial charge in [-0.25, -0.2) is 4.98 Å². The molecule has 33 heavy (non-hydrogen) atoms. The number of amides is 1. The summed E-state index contributed by atoms with van der Waals surface area (Å²) in [7, 11) is 1.31. The molecule has 3 heterocycles. The van der Waals surface area contributed by atoms with Gasteiger partial charge in [-0.05, 0) is 37.8 Å². The Balaban J connectivity index is 1.38. The molecule has 0 aliphatic heterocycles. The van der Waals surface area contributed by atoms with Crippen LogP contribution in [0.4, 0.5) is 32.2 Å². The van der Waals surface area contributed by atoms with Gasteiger partial charge in [0.25, 0.3) is 5.91 Å². The molecule has 1 amide bonds. The molecule has 178 valence electrons. The fraction of sp³-hybridized carbons (Fsp3) is 0.450. The van der Waals surface area contributed by atoms with Crippen LogP contribution in [0.1, 0.15) is 47.4 Å². The first-order valence-corrected chi connectivity index (χ1v) is 10.2. The van der Waals surface area contributed by atoms with E-state index in [2.05, 4.69) is 20.7 Å². The van der Waals surface area contributed by atoms with Crippen molar-refractivity contribution in [2.24, 2.45) is 7.05 Å². The molecule has 0 radical (unpaired) electrons. The van der Waals surface area contributed by atoms with Gasteiger partial charge in [0.2, 0.25) is 0 Å².